The van der Waals surface area contributed by atoms with Crippen molar-refractivity contribution < 1.29 is 8.42 Å². The molecule has 32 heavy (non-hydrogen) atoms. The van der Waals surface area contributed by atoms with E-state index >= 15 is 0 Å². The number of rotatable bonds is 5. The van der Waals surface area contributed by atoms with Gasteiger partial charge in [0, 0.05) is 11.1 Å². The van der Waals surface area contributed by atoms with Gasteiger partial charge in [-0.2, -0.15) is 4.98 Å². The number of aromatic nitrogens is 4. The second-order valence-corrected chi connectivity index (χ2v) is 9.62. The molecule has 9 heteroatoms. The predicted molar refractivity (Wildman–Crippen MR) is 124 cm³/mol. The number of fused-ring (bicyclic) bond motifs is 3. The summed E-state index contributed by atoms with van der Waals surface area (Å²) < 4.78 is 28.3. The Kier molecular flexibility index (Phi) is 5.09. The zero-order valence-corrected chi connectivity index (χ0v) is 18.2. The van der Waals surface area contributed by atoms with Crippen molar-refractivity contribution in [2.75, 3.05) is 0 Å². The Morgan fingerprint density at radius 1 is 0.906 bits per heavy atom. The molecular formula is C23H15N5O2S2. The first-order valence-corrected chi connectivity index (χ1v) is 12.0. The molecule has 2 aromatic heterocycles. The van der Waals surface area contributed by atoms with Gasteiger partial charge in [-0.1, -0.05) is 72.4 Å². The van der Waals surface area contributed by atoms with E-state index in [1.165, 1.54) is 15.7 Å². The quantitative estimate of drug-likeness (QED) is 0.271. The molecule has 0 fully saturated rings. The fourth-order valence-corrected chi connectivity index (χ4v) is 5.73. The number of hydrogen-bond donors (Lipinski definition) is 0. The molecule has 0 N–H and O–H groups in total. The molecule has 0 amide bonds. The van der Waals surface area contributed by atoms with Crippen LogP contribution in [-0.2, 0) is 15.8 Å². The molecule has 5 rings (SSSR count). The van der Waals surface area contributed by atoms with E-state index in [1.54, 1.807) is 48.5 Å². The van der Waals surface area contributed by atoms with Crippen molar-refractivity contribution in [2.24, 2.45) is 0 Å². The van der Waals surface area contributed by atoms with Crippen LogP contribution in [0.15, 0.2) is 88.9 Å². The minimum Gasteiger partial charge on any atom is -0.238 e. The number of benzene rings is 3. The van der Waals surface area contributed by atoms with Gasteiger partial charge in [0.05, 0.1) is 17.0 Å². The van der Waals surface area contributed by atoms with E-state index in [0.717, 1.165) is 5.56 Å². The third-order valence-electron chi connectivity index (χ3n) is 4.97. The van der Waals surface area contributed by atoms with E-state index in [0.29, 0.717) is 33.0 Å². The molecule has 156 valence electrons. The van der Waals surface area contributed by atoms with Gasteiger partial charge in [0.15, 0.2) is 11.3 Å². The molecule has 7 nitrogen and oxygen atoms in total. The average molecular weight is 458 g/mol. The maximum Gasteiger partial charge on any atom is 0.269 e. The largest absolute Gasteiger partial charge is 0.269 e. The van der Waals surface area contributed by atoms with Gasteiger partial charge in [0.2, 0.25) is 5.16 Å². The average Bonchev–Trinajstić information content (AvgIpc) is 3.18. The van der Waals surface area contributed by atoms with Crippen LogP contribution in [0.2, 0.25) is 0 Å². The highest BCUT2D eigenvalue weighted by atomic mass is 32.2. The van der Waals surface area contributed by atoms with Gasteiger partial charge >= 0.3 is 0 Å². The molecule has 0 bridgehead atoms. The van der Waals surface area contributed by atoms with Crippen LogP contribution in [0.25, 0.3) is 26.9 Å². The first-order valence-electron chi connectivity index (χ1n) is 9.62. The summed E-state index contributed by atoms with van der Waals surface area (Å²) in [6.07, 6.45) is 0. The van der Waals surface area contributed by atoms with E-state index in [1.807, 2.05) is 30.3 Å². The lowest BCUT2D eigenvalue weighted by atomic mass is 10.2. The van der Waals surface area contributed by atoms with Crippen molar-refractivity contribution in [1.82, 2.24) is 19.2 Å². The lowest BCUT2D eigenvalue weighted by Gasteiger charge is -2.08. The molecule has 5 aromatic rings. The summed E-state index contributed by atoms with van der Waals surface area (Å²) in [7, 11) is -3.91. The van der Waals surface area contributed by atoms with Gasteiger partial charge in [0.25, 0.3) is 10.0 Å². The highest BCUT2D eigenvalue weighted by molar-refractivity contribution is 7.98. The highest BCUT2D eigenvalue weighted by Crippen LogP contribution is 2.32. The van der Waals surface area contributed by atoms with Gasteiger partial charge in [0.1, 0.15) is 5.52 Å². The standard InChI is InChI=1S/C23H15N5O2S2/c1-24-19-13-7-5-9-16(19)15-31-23-25-22-21(26-27-23)18-12-6-8-14-20(18)28(22)32(29,30)17-10-3-2-4-11-17/h2-14H,15H2. The van der Waals surface area contributed by atoms with Gasteiger partial charge in [-0.3, -0.25) is 0 Å². The number of para-hydroxylation sites is 2. The van der Waals surface area contributed by atoms with Crippen molar-refractivity contribution in [2.45, 2.75) is 15.8 Å². The summed E-state index contributed by atoms with van der Waals surface area (Å²) in [6.45, 7) is 7.32. The number of thioether (sulfide) groups is 1. The number of nitrogens with zero attached hydrogens (tertiary/aromatic N) is 5. The lowest BCUT2D eigenvalue weighted by molar-refractivity contribution is 0.590. The SMILES string of the molecule is [C-]#[N+]c1ccccc1CSc1nnc2c3ccccc3n(S(=O)(=O)c3ccccc3)c2n1. The second-order valence-electron chi connectivity index (χ2n) is 6.90. The summed E-state index contributed by atoms with van der Waals surface area (Å²) in [5.41, 5.74) is 2.56. The third-order valence-corrected chi connectivity index (χ3v) is 7.57. The van der Waals surface area contributed by atoms with Crippen LogP contribution in [0, 0.1) is 6.57 Å². The Balaban J connectivity index is 1.65. The maximum atomic E-state index is 13.5. The Hall–Kier alpha value is -3.74. The monoisotopic (exact) mass is 457 g/mol. The first-order chi connectivity index (χ1) is 15.6. The molecule has 0 aliphatic carbocycles. The Labute approximate surface area is 188 Å². The minimum absolute atomic E-state index is 0.168. The van der Waals surface area contributed by atoms with Crippen LogP contribution in [0.3, 0.4) is 0 Å². The summed E-state index contributed by atoms with van der Waals surface area (Å²) in [5.74, 6) is 0.470. The maximum absolute atomic E-state index is 13.5. The zero-order valence-electron chi connectivity index (χ0n) is 16.6. The smallest absolute Gasteiger partial charge is 0.238 e. The summed E-state index contributed by atoms with van der Waals surface area (Å²) in [5, 5.41) is 9.53. The van der Waals surface area contributed by atoms with Gasteiger partial charge < -0.3 is 0 Å². The molecule has 0 radical (unpaired) electrons. The van der Waals surface area contributed by atoms with Crippen LogP contribution < -0.4 is 0 Å². The van der Waals surface area contributed by atoms with E-state index in [-0.39, 0.29) is 10.5 Å². The number of hydrogen-bond acceptors (Lipinski definition) is 6. The van der Waals surface area contributed by atoms with Crippen LogP contribution in [0.5, 0.6) is 0 Å². The molecule has 3 aromatic carbocycles. The minimum atomic E-state index is -3.91. The fourth-order valence-electron chi connectivity index (χ4n) is 3.47. The normalized spacial score (nSPS) is 11.6. The molecule has 0 saturated heterocycles. The van der Waals surface area contributed by atoms with E-state index in [4.69, 9.17) is 6.57 Å². The van der Waals surface area contributed by atoms with Crippen LogP contribution >= 0.6 is 11.8 Å². The van der Waals surface area contributed by atoms with Crippen molar-refractivity contribution in [3.05, 3.63) is 95.8 Å². The molecule has 2 heterocycles. The molecule has 0 aliphatic rings. The topological polar surface area (TPSA) is 82.1 Å². The highest BCUT2D eigenvalue weighted by Gasteiger charge is 2.25. The van der Waals surface area contributed by atoms with Crippen LogP contribution in [-0.4, -0.2) is 27.6 Å². The van der Waals surface area contributed by atoms with E-state index in [2.05, 4.69) is 20.0 Å². The predicted octanol–water partition coefficient (Wildman–Crippen LogP) is 5.06. The first kappa shape index (κ1) is 20.2. The molecule has 0 unspecified atom stereocenters. The second kappa shape index (κ2) is 8.07. The molecule has 0 aliphatic heterocycles. The van der Waals surface area contributed by atoms with Crippen molar-refractivity contribution >= 4 is 49.5 Å². The van der Waals surface area contributed by atoms with Crippen molar-refractivity contribution in [3.63, 3.8) is 0 Å². The van der Waals surface area contributed by atoms with Crippen molar-refractivity contribution in [3.8, 4) is 0 Å². The molecule has 0 spiro atoms. The Morgan fingerprint density at radius 3 is 2.44 bits per heavy atom. The summed E-state index contributed by atoms with van der Waals surface area (Å²) in [6, 6.07) is 22.7. The molecule has 0 atom stereocenters. The van der Waals surface area contributed by atoms with Gasteiger partial charge in [-0.05, 0) is 23.8 Å². The molecular weight excluding hydrogens is 442 g/mol. The third kappa shape index (κ3) is 3.39. The van der Waals surface area contributed by atoms with E-state index < -0.39 is 10.0 Å². The van der Waals surface area contributed by atoms with Crippen LogP contribution in [0.4, 0.5) is 5.69 Å². The van der Waals surface area contributed by atoms with Crippen LogP contribution in [0.1, 0.15) is 5.56 Å². The summed E-state index contributed by atoms with van der Waals surface area (Å²) in [4.78, 5) is 8.28. The Morgan fingerprint density at radius 2 is 1.62 bits per heavy atom. The van der Waals surface area contributed by atoms with Crippen molar-refractivity contribution in [1.29, 1.82) is 0 Å². The van der Waals surface area contributed by atoms with Gasteiger partial charge in [-0.15, -0.1) is 10.2 Å². The summed E-state index contributed by atoms with van der Waals surface area (Å²) >= 11 is 1.31. The van der Waals surface area contributed by atoms with Gasteiger partial charge in [-0.25, -0.2) is 17.2 Å². The van der Waals surface area contributed by atoms with E-state index in [9.17, 15) is 8.42 Å². The lowest BCUT2D eigenvalue weighted by Crippen LogP contribution is -2.13. The zero-order chi connectivity index (χ0) is 22.1. The molecule has 0 saturated carbocycles. The fraction of sp³-hybridized carbons (Fsp3) is 0.0435. The Bertz CT molecular complexity index is 1610.